The zero-order valence-electron chi connectivity index (χ0n) is 27.6. The van der Waals surface area contributed by atoms with Gasteiger partial charge in [0, 0.05) is 47.3 Å². The number of piperazine rings is 1. The van der Waals surface area contributed by atoms with Crippen molar-refractivity contribution >= 4 is 51.7 Å². The summed E-state index contributed by atoms with van der Waals surface area (Å²) in [7, 11) is 0. The normalized spacial score (nSPS) is 25.0. The lowest BCUT2D eigenvalue weighted by molar-refractivity contribution is -0.124. The molecule has 0 unspecified atom stereocenters. The number of aryl methyl sites for hydroxylation is 1. The topological polar surface area (TPSA) is 117 Å². The van der Waals surface area contributed by atoms with Crippen molar-refractivity contribution in [2.75, 3.05) is 18.4 Å². The molecular formula is C36H40Cl2N8O2. The number of benzene rings is 2. The molecule has 3 heterocycles. The van der Waals surface area contributed by atoms with Gasteiger partial charge in [0.15, 0.2) is 11.8 Å². The standard InChI is InChI=1S/C36H40Cl2N8O2/c1-20-18-45(19-32(47)41-20)35(44-29-14-23-13-27(21(29)2)36(23,3)4)42-25-7-8-26-30(16-25)43-33(31-17-39-10-11-40-31)46(34(26)48)12-9-22-5-6-24(37)15-28(22)38/h5-8,10-11,15-17,20-21,23,27,29H,9,12-14,18-19H2,1-4H3,(H,41,47)(H,42,44)/t20-,21-,23-,27+,29-/m0/s1. The zero-order chi connectivity index (χ0) is 33.7. The van der Waals surface area contributed by atoms with Gasteiger partial charge in [-0.1, -0.05) is 50.0 Å². The molecule has 2 aromatic carbocycles. The van der Waals surface area contributed by atoms with Crippen molar-refractivity contribution in [2.45, 2.75) is 65.6 Å². The number of carbonyl (C=O) groups is 1. The summed E-state index contributed by atoms with van der Waals surface area (Å²) in [4.78, 5) is 47.7. The summed E-state index contributed by atoms with van der Waals surface area (Å²) >= 11 is 12.6. The smallest absolute Gasteiger partial charge is 0.261 e. The van der Waals surface area contributed by atoms with Crippen LogP contribution in [0.2, 0.25) is 10.0 Å². The number of aromatic nitrogens is 4. The van der Waals surface area contributed by atoms with Gasteiger partial charge in [-0.2, -0.15) is 0 Å². The summed E-state index contributed by atoms with van der Waals surface area (Å²) in [6.07, 6.45) is 7.57. The maximum absolute atomic E-state index is 14.0. The van der Waals surface area contributed by atoms with E-state index in [1.807, 2.05) is 30.0 Å². The van der Waals surface area contributed by atoms with Crippen LogP contribution in [0, 0.1) is 23.2 Å². The molecule has 4 aliphatic rings. The molecule has 0 spiro atoms. The fourth-order valence-corrected chi connectivity index (χ4v) is 8.44. The van der Waals surface area contributed by atoms with E-state index in [0.717, 1.165) is 17.7 Å². The molecule has 12 heteroatoms. The van der Waals surface area contributed by atoms with Crippen molar-refractivity contribution in [1.29, 1.82) is 0 Å². The number of hydrogen-bond acceptors (Lipinski definition) is 6. The number of guanidine groups is 1. The third kappa shape index (κ3) is 6.16. The van der Waals surface area contributed by atoms with Gasteiger partial charge in [-0.3, -0.25) is 19.1 Å². The van der Waals surface area contributed by atoms with Crippen LogP contribution >= 0.6 is 23.2 Å². The highest BCUT2D eigenvalue weighted by molar-refractivity contribution is 6.35. The first-order chi connectivity index (χ1) is 23.0. The minimum atomic E-state index is -0.189. The lowest BCUT2D eigenvalue weighted by atomic mass is 9.45. The molecule has 2 aromatic heterocycles. The Balaban J connectivity index is 1.24. The van der Waals surface area contributed by atoms with Gasteiger partial charge in [0.05, 0.1) is 29.7 Å². The lowest BCUT2D eigenvalue weighted by Crippen LogP contribution is -2.58. The van der Waals surface area contributed by atoms with Gasteiger partial charge >= 0.3 is 0 Å². The van der Waals surface area contributed by atoms with E-state index in [9.17, 15) is 9.59 Å². The number of halogens is 2. The number of fused-ring (bicyclic) bond motifs is 3. The van der Waals surface area contributed by atoms with E-state index >= 15 is 0 Å². The largest absolute Gasteiger partial charge is 0.350 e. The Morgan fingerprint density at radius 1 is 1.10 bits per heavy atom. The molecule has 3 aliphatic carbocycles. The first kappa shape index (κ1) is 32.5. The Labute approximate surface area is 290 Å². The van der Waals surface area contributed by atoms with Crippen LogP contribution in [-0.2, 0) is 17.8 Å². The number of anilines is 1. The molecule has 3 saturated carbocycles. The zero-order valence-corrected chi connectivity index (χ0v) is 29.1. The summed E-state index contributed by atoms with van der Waals surface area (Å²) < 4.78 is 1.63. The van der Waals surface area contributed by atoms with E-state index in [1.54, 1.807) is 41.4 Å². The Hall–Kier alpha value is -4.02. The minimum Gasteiger partial charge on any atom is -0.350 e. The van der Waals surface area contributed by atoms with Crippen LogP contribution in [0.5, 0.6) is 0 Å². The molecule has 1 amide bonds. The summed E-state index contributed by atoms with van der Waals surface area (Å²) in [6, 6.07) is 11.0. The highest BCUT2D eigenvalue weighted by atomic mass is 35.5. The summed E-state index contributed by atoms with van der Waals surface area (Å²) in [6.45, 7) is 10.3. The molecule has 4 fully saturated rings. The molecule has 1 saturated heterocycles. The van der Waals surface area contributed by atoms with E-state index in [-0.39, 0.29) is 30.1 Å². The number of hydrogen-bond donors (Lipinski definition) is 2. The number of amides is 1. The monoisotopic (exact) mass is 686 g/mol. The maximum Gasteiger partial charge on any atom is 0.261 e. The number of nitrogens with zero attached hydrogens (tertiary/aromatic N) is 6. The maximum atomic E-state index is 14.0. The molecule has 48 heavy (non-hydrogen) atoms. The highest BCUT2D eigenvalue weighted by Crippen LogP contribution is 2.61. The molecule has 2 N–H and O–H groups in total. The van der Waals surface area contributed by atoms with Gasteiger partial charge < -0.3 is 15.5 Å². The second-order valence-corrected chi connectivity index (χ2v) is 15.0. The van der Waals surface area contributed by atoms with Crippen LogP contribution in [-0.4, -0.2) is 61.5 Å². The minimum absolute atomic E-state index is 0.0107. The molecule has 4 aromatic rings. The van der Waals surface area contributed by atoms with Crippen LogP contribution in [0.25, 0.3) is 22.4 Å². The number of rotatable bonds is 6. The van der Waals surface area contributed by atoms with Crippen LogP contribution in [0.3, 0.4) is 0 Å². The number of aliphatic imine (C=N–C) groups is 1. The number of carbonyl (C=O) groups excluding carboxylic acids is 1. The van der Waals surface area contributed by atoms with E-state index < -0.39 is 0 Å². The van der Waals surface area contributed by atoms with E-state index in [4.69, 9.17) is 33.2 Å². The quantitative estimate of drug-likeness (QED) is 0.187. The molecular weight excluding hydrogens is 647 g/mol. The summed E-state index contributed by atoms with van der Waals surface area (Å²) in [5.41, 5.74) is 2.77. The molecule has 0 radical (unpaired) electrons. The van der Waals surface area contributed by atoms with Crippen LogP contribution in [0.4, 0.5) is 5.69 Å². The van der Waals surface area contributed by atoms with Gasteiger partial charge in [-0.25, -0.2) is 15.0 Å². The Kier molecular flexibility index (Phi) is 8.66. The van der Waals surface area contributed by atoms with E-state index in [2.05, 4.69) is 41.4 Å². The van der Waals surface area contributed by atoms with Crippen molar-refractivity contribution in [3.8, 4) is 11.5 Å². The average molecular weight is 688 g/mol. The molecule has 5 atom stereocenters. The Bertz CT molecular complexity index is 1960. The third-order valence-electron chi connectivity index (χ3n) is 10.8. The van der Waals surface area contributed by atoms with Crippen molar-refractivity contribution in [3.63, 3.8) is 0 Å². The van der Waals surface area contributed by atoms with Crippen LogP contribution < -0.4 is 16.2 Å². The highest BCUT2D eigenvalue weighted by Gasteiger charge is 2.56. The van der Waals surface area contributed by atoms with Gasteiger partial charge in [0.25, 0.3) is 5.56 Å². The average Bonchev–Trinajstić information content (AvgIpc) is 3.05. The summed E-state index contributed by atoms with van der Waals surface area (Å²) in [5, 5.41) is 8.13. The third-order valence-corrected chi connectivity index (χ3v) is 11.3. The van der Waals surface area contributed by atoms with Crippen molar-refractivity contribution in [1.82, 2.24) is 29.7 Å². The fourth-order valence-electron chi connectivity index (χ4n) is 7.94. The fraction of sp³-hybridized carbons (Fsp3) is 0.444. The second kappa shape index (κ2) is 12.8. The second-order valence-electron chi connectivity index (χ2n) is 14.1. The van der Waals surface area contributed by atoms with Crippen LogP contribution in [0.15, 0.2) is 64.8 Å². The van der Waals surface area contributed by atoms with Gasteiger partial charge in [-0.05, 0) is 85.3 Å². The molecule has 250 valence electrons. The predicted octanol–water partition coefficient (Wildman–Crippen LogP) is 6.06. The van der Waals surface area contributed by atoms with Crippen molar-refractivity contribution in [3.05, 3.63) is 81.0 Å². The predicted molar refractivity (Wildman–Crippen MR) is 190 cm³/mol. The molecule has 10 nitrogen and oxygen atoms in total. The van der Waals surface area contributed by atoms with Gasteiger partial charge in [0.1, 0.15) is 5.69 Å². The van der Waals surface area contributed by atoms with Crippen LogP contribution in [0.1, 0.15) is 46.1 Å². The molecule has 1 aliphatic heterocycles. The SMILES string of the molecule is C[C@@H]1[C@@H](N=C(Nc2ccc3c(=O)n(CCc4ccc(Cl)cc4Cl)c(-c4cnccn4)nc3c2)N2CC(=O)N[C@@H](C)C2)C[C@@H]2C[C@H]1C2(C)C. The van der Waals surface area contributed by atoms with Crippen molar-refractivity contribution < 1.29 is 4.79 Å². The van der Waals surface area contributed by atoms with E-state index in [1.165, 1.54) is 6.42 Å². The Morgan fingerprint density at radius 2 is 1.94 bits per heavy atom. The van der Waals surface area contributed by atoms with Gasteiger partial charge in [-0.15, -0.1) is 0 Å². The van der Waals surface area contributed by atoms with Gasteiger partial charge in [0.2, 0.25) is 5.91 Å². The molecule has 2 bridgehead atoms. The molecule has 8 rings (SSSR count). The first-order valence-corrected chi connectivity index (χ1v) is 17.4. The summed E-state index contributed by atoms with van der Waals surface area (Å²) in [5.74, 6) is 2.78. The lowest BCUT2D eigenvalue weighted by Gasteiger charge is -2.61. The van der Waals surface area contributed by atoms with E-state index in [0.29, 0.717) is 81.1 Å². The first-order valence-electron chi connectivity index (χ1n) is 16.6. The Morgan fingerprint density at radius 3 is 2.65 bits per heavy atom. The number of nitrogens with one attached hydrogen (secondary N) is 2. The van der Waals surface area contributed by atoms with Crippen molar-refractivity contribution in [2.24, 2.45) is 28.2 Å².